The molecule has 0 unspecified atom stereocenters. The molecule has 5 nitrogen and oxygen atoms in total. The predicted octanol–water partition coefficient (Wildman–Crippen LogP) is 1.06. The summed E-state index contributed by atoms with van der Waals surface area (Å²) in [4.78, 5) is 10.5. The SMILES string of the molecule is CC(C)Nc1nsnc1C(=O)O. The highest BCUT2D eigenvalue weighted by Crippen LogP contribution is 2.12. The second-order valence-corrected chi connectivity index (χ2v) is 3.09. The Morgan fingerprint density at radius 2 is 2.25 bits per heavy atom. The molecular formula is C6H9N3O2S. The van der Waals surface area contributed by atoms with E-state index in [1.54, 1.807) is 0 Å². The normalized spacial score (nSPS) is 10.2. The number of carboxylic acid groups (broad SMARTS) is 1. The van der Waals surface area contributed by atoms with Crippen molar-refractivity contribution in [3.63, 3.8) is 0 Å². The summed E-state index contributed by atoms with van der Waals surface area (Å²) in [6, 6.07) is 0.159. The quantitative estimate of drug-likeness (QED) is 0.740. The maximum absolute atomic E-state index is 10.5. The standard InChI is InChI=1S/C6H9N3O2S/c1-3(2)7-5-4(6(10)11)8-12-9-5/h3H,1-2H3,(H,7,9)(H,10,11). The maximum atomic E-state index is 10.5. The van der Waals surface area contributed by atoms with Crippen LogP contribution >= 0.6 is 11.7 Å². The number of aromatic nitrogens is 2. The largest absolute Gasteiger partial charge is 0.476 e. The zero-order valence-corrected chi connectivity index (χ0v) is 7.55. The van der Waals surface area contributed by atoms with Crippen molar-refractivity contribution in [3.05, 3.63) is 5.69 Å². The van der Waals surface area contributed by atoms with Crippen molar-refractivity contribution in [1.29, 1.82) is 0 Å². The van der Waals surface area contributed by atoms with Gasteiger partial charge >= 0.3 is 5.97 Å². The van der Waals surface area contributed by atoms with Crippen molar-refractivity contribution in [2.45, 2.75) is 19.9 Å². The Kier molecular flexibility index (Phi) is 2.59. The Balaban J connectivity index is 2.84. The van der Waals surface area contributed by atoms with Gasteiger partial charge in [-0.25, -0.2) is 4.79 Å². The van der Waals surface area contributed by atoms with Gasteiger partial charge in [0.15, 0.2) is 5.82 Å². The van der Waals surface area contributed by atoms with Crippen molar-refractivity contribution in [2.75, 3.05) is 5.32 Å². The molecule has 0 aliphatic heterocycles. The summed E-state index contributed by atoms with van der Waals surface area (Å²) in [7, 11) is 0. The molecule has 0 aliphatic rings. The first-order chi connectivity index (χ1) is 5.61. The third kappa shape index (κ3) is 1.91. The molecule has 0 amide bonds. The van der Waals surface area contributed by atoms with Crippen LogP contribution in [0.2, 0.25) is 0 Å². The van der Waals surface area contributed by atoms with Gasteiger partial charge in [-0.15, -0.1) is 0 Å². The van der Waals surface area contributed by atoms with Gasteiger partial charge in [-0.05, 0) is 13.8 Å². The Labute approximate surface area is 73.8 Å². The van der Waals surface area contributed by atoms with Crippen LogP contribution in [0, 0.1) is 0 Å². The minimum Gasteiger partial charge on any atom is -0.476 e. The van der Waals surface area contributed by atoms with Crippen LogP contribution in [0.4, 0.5) is 5.82 Å². The number of hydrogen-bond donors (Lipinski definition) is 2. The van der Waals surface area contributed by atoms with Crippen LogP contribution in [0.25, 0.3) is 0 Å². The topological polar surface area (TPSA) is 75.1 Å². The van der Waals surface area contributed by atoms with Crippen LogP contribution in [0.3, 0.4) is 0 Å². The number of rotatable bonds is 3. The van der Waals surface area contributed by atoms with E-state index < -0.39 is 5.97 Å². The molecule has 0 saturated heterocycles. The third-order valence-corrected chi connectivity index (χ3v) is 1.64. The molecule has 66 valence electrons. The highest BCUT2D eigenvalue weighted by atomic mass is 32.1. The zero-order chi connectivity index (χ0) is 9.14. The second kappa shape index (κ2) is 3.48. The molecule has 0 fully saturated rings. The number of hydrogen-bond acceptors (Lipinski definition) is 5. The lowest BCUT2D eigenvalue weighted by molar-refractivity contribution is 0.0693. The summed E-state index contributed by atoms with van der Waals surface area (Å²) in [6.45, 7) is 3.82. The molecule has 0 aromatic carbocycles. The molecule has 0 spiro atoms. The van der Waals surface area contributed by atoms with Crippen molar-refractivity contribution >= 4 is 23.5 Å². The molecule has 0 saturated carbocycles. The van der Waals surface area contributed by atoms with Gasteiger partial charge in [0.2, 0.25) is 5.69 Å². The molecule has 2 N–H and O–H groups in total. The van der Waals surface area contributed by atoms with Crippen LogP contribution in [-0.2, 0) is 0 Å². The van der Waals surface area contributed by atoms with Crippen LogP contribution in [0.1, 0.15) is 24.3 Å². The molecule has 1 heterocycles. The molecule has 0 aliphatic carbocycles. The van der Waals surface area contributed by atoms with Gasteiger partial charge in [0.25, 0.3) is 0 Å². The number of nitrogens with zero attached hydrogens (tertiary/aromatic N) is 2. The van der Waals surface area contributed by atoms with Crippen LogP contribution in [0.15, 0.2) is 0 Å². The van der Waals surface area contributed by atoms with Gasteiger partial charge in [-0.1, -0.05) is 0 Å². The van der Waals surface area contributed by atoms with Gasteiger partial charge in [-0.3, -0.25) is 0 Å². The van der Waals surface area contributed by atoms with E-state index >= 15 is 0 Å². The maximum Gasteiger partial charge on any atom is 0.359 e. The average Bonchev–Trinajstić information content (AvgIpc) is 2.33. The van der Waals surface area contributed by atoms with Gasteiger partial charge in [0, 0.05) is 6.04 Å². The molecule has 1 rings (SSSR count). The van der Waals surface area contributed by atoms with E-state index in [1.807, 2.05) is 13.8 Å². The fourth-order valence-electron chi connectivity index (χ4n) is 0.697. The van der Waals surface area contributed by atoms with E-state index in [2.05, 4.69) is 14.1 Å². The highest BCUT2D eigenvalue weighted by Gasteiger charge is 2.15. The molecular weight excluding hydrogens is 178 g/mol. The summed E-state index contributed by atoms with van der Waals surface area (Å²) in [5.74, 6) is -0.700. The fraction of sp³-hybridized carbons (Fsp3) is 0.500. The summed E-state index contributed by atoms with van der Waals surface area (Å²) in [5.41, 5.74) is -0.00583. The van der Waals surface area contributed by atoms with Crippen molar-refractivity contribution < 1.29 is 9.90 Å². The lowest BCUT2D eigenvalue weighted by Crippen LogP contribution is -2.13. The molecule has 6 heteroatoms. The van der Waals surface area contributed by atoms with Crippen LogP contribution < -0.4 is 5.32 Å². The second-order valence-electron chi connectivity index (χ2n) is 2.57. The minimum atomic E-state index is -1.05. The van der Waals surface area contributed by atoms with Gasteiger partial charge < -0.3 is 10.4 Å². The van der Waals surface area contributed by atoms with Gasteiger partial charge in [0.1, 0.15) is 0 Å². The van der Waals surface area contributed by atoms with Gasteiger partial charge in [0.05, 0.1) is 11.7 Å². The molecule has 0 bridgehead atoms. The number of aromatic carboxylic acids is 1. The Bertz CT molecular complexity index is 284. The zero-order valence-electron chi connectivity index (χ0n) is 6.74. The summed E-state index contributed by atoms with van der Waals surface area (Å²) >= 11 is 0.893. The smallest absolute Gasteiger partial charge is 0.359 e. The van der Waals surface area contributed by atoms with Crippen molar-refractivity contribution in [2.24, 2.45) is 0 Å². The first-order valence-electron chi connectivity index (χ1n) is 3.43. The highest BCUT2D eigenvalue weighted by molar-refractivity contribution is 6.99. The van der Waals surface area contributed by atoms with E-state index in [4.69, 9.17) is 5.11 Å². The van der Waals surface area contributed by atoms with E-state index in [9.17, 15) is 4.79 Å². The first kappa shape index (κ1) is 8.92. The fourth-order valence-corrected chi connectivity index (χ4v) is 1.20. The lowest BCUT2D eigenvalue weighted by atomic mass is 10.3. The lowest BCUT2D eigenvalue weighted by Gasteiger charge is -2.05. The predicted molar refractivity (Wildman–Crippen MR) is 45.6 cm³/mol. The minimum absolute atomic E-state index is 0.00583. The number of anilines is 1. The summed E-state index contributed by atoms with van der Waals surface area (Å²) in [5, 5.41) is 11.5. The van der Waals surface area contributed by atoms with Crippen molar-refractivity contribution in [1.82, 2.24) is 8.75 Å². The number of carboxylic acids is 1. The monoisotopic (exact) mass is 187 g/mol. The van der Waals surface area contributed by atoms with Crippen molar-refractivity contribution in [3.8, 4) is 0 Å². The van der Waals surface area contributed by atoms with E-state index in [1.165, 1.54) is 0 Å². The Hall–Kier alpha value is -1.17. The molecule has 1 aromatic rings. The molecule has 0 atom stereocenters. The summed E-state index contributed by atoms with van der Waals surface area (Å²) < 4.78 is 7.45. The van der Waals surface area contributed by atoms with E-state index in [0.29, 0.717) is 5.82 Å². The van der Waals surface area contributed by atoms with E-state index in [0.717, 1.165) is 11.7 Å². The summed E-state index contributed by atoms with van der Waals surface area (Å²) in [6.07, 6.45) is 0. The Morgan fingerprint density at radius 1 is 1.58 bits per heavy atom. The van der Waals surface area contributed by atoms with Gasteiger partial charge in [-0.2, -0.15) is 8.75 Å². The number of carbonyl (C=O) groups is 1. The number of nitrogens with one attached hydrogen (secondary N) is 1. The average molecular weight is 187 g/mol. The molecule has 0 radical (unpaired) electrons. The van der Waals surface area contributed by atoms with Crippen LogP contribution in [0.5, 0.6) is 0 Å². The van der Waals surface area contributed by atoms with Crippen LogP contribution in [-0.4, -0.2) is 25.9 Å². The third-order valence-electron chi connectivity index (χ3n) is 1.12. The molecule has 12 heavy (non-hydrogen) atoms. The first-order valence-corrected chi connectivity index (χ1v) is 4.16. The Morgan fingerprint density at radius 3 is 2.75 bits per heavy atom. The van der Waals surface area contributed by atoms with E-state index in [-0.39, 0.29) is 11.7 Å². The molecule has 1 aromatic heterocycles.